The second kappa shape index (κ2) is 6.29. The Kier molecular flexibility index (Phi) is 4.60. The molecule has 7 nitrogen and oxygen atoms in total. The van der Waals surface area contributed by atoms with Crippen molar-refractivity contribution in [2.24, 2.45) is 0 Å². The van der Waals surface area contributed by atoms with Crippen LogP contribution in [0.3, 0.4) is 0 Å². The number of aromatic carboxylic acids is 1. The third-order valence-corrected chi connectivity index (χ3v) is 3.08. The van der Waals surface area contributed by atoms with Crippen LogP contribution in [0.15, 0.2) is 24.4 Å². The van der Waals surface area contributed by atoms with Crippen molar-refractivity contribution in [2.45, 2.75) is 26.4 Å². The minimum Gasteiger partial charge on any atom is -0.478 e. The van der Waals surface area contributed by atoms with Gasteiger partial charge in [-0.25, -0.2) is 9.59 Å². The maximum atomic E-state index is 11.8. The lowest BCUT2D eigenvalue weighted by Gasteiger charge is -2.20. The lowest BCUT2D eigenvalue weighted by atomic mass is 10.1. The number of H-pyrrole nitrogens is 1. The number of hydrogen-bond donors (Lipinski definition) is 3. The number of aromatic nitrogens is 2. The Labute approximate surface area is 137 Å². The van der Waals surface area contributed by atoms with Gasteiger partial charge in [0.1, 0.15) is 11.2 Å². The van der Waals surface area contributed by atoms with Gasteiger partial charge >= 0.3 is 12.1 Å². The molecule has 23 heavy (non-hydrogen) atoms. The summed E-state index contributed by atoms with van der Waals surface area (Å²) in [6.45, 7) is 5.26. The number of carboxylic acids is 1. The van der Waals surface area contributed by atoms with E-state index in [0.29, 0.717) is 16.9 Å². The number of nitrogens with zero attached hydrogens (tertiary/aromatic N) is 1. The molecule has 2 rings (SSSR count). The highest BCUT2D eigenvalue weighted by molar-refractivity contribution is 6.34. The van der Waals surface area contributed by atoms with Crippen LogP contribution in [0, 0.1) is 0 Å². The number of carbonyl (C=O) groups excluding carboxylic acids is 1. The van der Waals surface area contributed by atoms with Crippen LogP contribution < -0.4 is 5.32 Å². The van der Waals surface area contributed by atoms with Gasteiger partial charge in [-0.15, -0.1) is 0 Å². The number of hydrogen-bond acceptors (Lipinski definition) is 4. The summed E-state index contributed by atoms with van der Waals surface area (Å²) in [5.74, 6) is -1.10. The van der Waals surface area contributed by atoms with Crippen LogP contribution in [0.25, 0.3) is 11.3 Å². The van der Waals surface area contributed by atoms with E-state index >= 15 is 0 Å². The number of ether oxygens (including phenoxy) is 1. The quantitative estimate of drug-likeness (QED) is 0.790. The standard InChI is InChI=1S/C15H16ClN3O4/c1-15(2,3)23-14(22)18-11-5-4-8(6-10(11)16)12-9(13(20)21)7-17-19-12/h4-7H,1-3H3,(H,17,19)(H,18,22)(H,20,21). The number of carbonyl (C=O) groups is 2. The number of amides is 1. The fourth-order valence-electron chi connectivity index (χ4n) is 1.85. The summed E-state index contributed by atoms with van der Waals surface area (Å²) in [6.07, 6.45) is 0.596. The summed E-state index contributed by atoms with van der Waals surface area (Å²) in [6, 6.07) is 4.72. The van der Waals surface area contributed by atoms with Gasteiger partial charge in [0, 0.05) is 5.56 Å². The Morgan fingerprint density at radius 1 is 1.35 bits per heavy atom. The number of halogens is 1. The van der Waals surface area contributed by atoms with Gasteiger partial charge in [-0.3, -0.25) is 10.4 Å². The Hall–Kier alpha value is -2.54. The number of anilines is 1. The number of aromatic amines is 1. The Bertz CT molecular complexity index is 749. The summed E-state index contributed by atoms with van der Waals surface area (Å²) in [5, 5.41) is 18.2. The molecular weight excluding hydrogens is 322 g/mol. The smallest absolute Gasteiger partial charge is 0.412 e. The van der Waals surface area contributed by atoms with Gasteiger partial charge in [0.15, 0.2) is 0 Å². The molecule has 1 aromatic carbocycles. The van der Waals surface area contributed by atoms with Crippen molar-refractivity contribution in [3.8, 4) is 11.3 Å². The third kappa shape index (κ3) is 4.23. The minimum absolute atomic E-state index is 0.0360. The maximum Gasteiger partial charge on any atom is 0.412 e. The van der Waals surface area contributed by atoms with Crippen molar-refractivity contribution in [3.63, 3.8) is 0 Å². The van der Waals surface area contributed by atoms with Crippen LogP contribution in [0.1, 0.15) is 31.1 Å². The van der Waals surface area contributed by atoms with E-state index in [1.54, 1.807) is 32.9 Å². The van der Waals surface area contributed by atoms with Gasteiger partial charge in [0.2, 0.25) is 0 Å². The number of nitrogens with one attached hydrogen (secondary N) is 2. The molecule has 0 atom stereocenters. The third-order valence-electron chi connectivity index (χ3n) is 2.76. The SMILES string of the molecule is CC(C)(C)OC(=O)Nc1ccc(-c2[nH]ncc2C(=O)O)cc1Cl. The molecule has 1 heterocycles. The van der Waals surface area contributed by atoms with Crippen LogP contribution in [-0.4, -0.2) is 33.0 Å². The topological polar surface area (TPSA) is 104 Å². The fourth-order valence-corrected chi connectivity index (χ4v) is 2.08. The second-order valence-corrected chi connectivity index (χ2v) is 6.19. The van der Waals surface area contributed by atoms with E-state index in [9.17, 15) is 9.59 Å². The van der Waals surface area contributed by atoms with E-state index in [0.717, 1.165) is 0 Å². The van der Waals surface area contributed by atoms with Crippen molar-refractivity contribution in [2.75, 3.05) is 5.32 Å². The lowest BCUT2D eigenvalue weighted by molar-refractivity contribution is 0.0634. The summed E-state index contributed by atoms with van der Waals surface area (Å²) >= 11 is 6.14. The van der Waals surface area contributed by atoms with E-state index in [2.05, 4.69) is 15.5 Å². The van der Waals surface area contributed by atoms with E-state index in [1.807, 2.05) is 0 Å². The Morgan fingerprint density at radius 3 is 2.61 bits per heavy atom. The number of carboxylic acid groups (broad SMARTS) is 1. The van der Waals surface area contributed by atoms with Gasteiger partial charge in [-0.2, -0.15) is 5.10 Å². The normalized spacial score (nSPS) is 11.1. The molecule has 0 spiro atoms. The molecule has 0 radical (unpaired) electrons. The van der Waals surface area contributed by atoms with Crippen LogP contribution in [0.5, 0.6) is 0 Å². The maximum absolute atomic E-state index is 11.8. The highest BCUT2D eigenvalue weighted by Crippen LogP contribution is 2.29. The van der Waals surface area contributed by atoms with Gasteiger partial charge in [0.25, 0.3) is 0 Å². The number of benzene rings is 1. The van der Waals surface area contributed by atoms with Crippen molar-refractivity contribution < 1.29 is 19.4 Å². The van der Waals surface area contributed by atoms with Crippen molar-refractivity contribution in [3.05, 3.63) is 35.0 Å². The molecule has 8 heteroatoms. The van der Waals surface area contributed by atoms with Gasteiger partial charge in [0.05, 0.1) is 22.6 Å². The molecule has 3 N–H and O–H groups in total. The molecule has 1 aromatic heterocycles. The first-order chi connectivity index (χ1) is 10.7. The molecule has 0 aliphatic heterocycles. The summed E-state index contributed by atoms with van der Waals surface area (Å²) in [5.41, 5.74) is 0.654. The summed E-state index contributed by atoms with van der Waals surface area (Å²) in [4.78, 5) is 22.9. The summed E-state index contributed by atoms with van der Waals surface area (Å²) in [7, 11) is 0. The van der Waals surface area contributed by atoms with Crippen molar-refractivity contribution in [1.29, 1.82) is 0 Å². The Balaban J connectivity index is 2.23. The lowest BCUT2D eigenvalue weighted by Crippen LogP contribution is -2.27. The molecule has 1 amide bonds. The van der Waals surface area contributed by atoms with E-state index < -0.39 is 17.7 Å². The molecule has 0 saturated carbocycles. The molecule has 2 aromatic rings. The predicted molar refractivity (Wildman–Crippen MR) is 85.8 cm³/mol. The number of rotatable bonds is 3. The van der Waals surface area contributed by atoms with Crippen molar-refractivity contribution in [1.82, 2.24) is 10.2 Å². The predicted octanol–water partition coefficient (Wildman–Crippen LogP) is 3.78. The van der Waals surface area contributed by atoms with E-state index in [1.165, 1.54) is 12.3 Å². The summed E-state index contributed by atoms with van der Waals surface area (Å²) < 4.78 is 5.15. The van der Waals surface area contributed by atoms with Gasteiger partial charge < -0.3 is 9.84 Å². The zero-order chi connectivity index (χ0) is 17.2. The molecule has 0 bridgehead atoms. The van der Waals surface area contributed by atoms with Crippen LogP contribution in [0.4, 0.5) is 10.5 Å². The minimum atomic E-state index is -1.10. The highest BCUT2D eigenvalue weighted by atomic mass is 35.5. The molecular formula is C15H16ClN3O4. The first-order valence-corrected chi connectivity index (χ1v) is 7.12. The average molecular weight is 338 g/mol. The first kappa shape index (κ1) is 16.8. The van der Waals surface area contributed by atoms with Crippen LogP contribution in [-0.2, 0) is 4.74 Å². The molecule has 122 valence electrons. The van der Waals surface area contributed by atoms with E-state index in [4.69, 9.17) is 21.4 Å². The molecule has 0 aliphatic rings. The first-order valence-electron chi connectivity index (χ1n) is 6.74. The van der Waals surface area contributed by atoms with Gasteiger partial charge in [-0.1, -0.05) is 17.7 Å². The Morgan fingerprint density at radius 2 is 2.04 bits per heavy atom. The zero-order valence-corrected chi connectivity index (χ0v) is 13.6. The highest BCUT2D eigenvalue weighted by Gasteiger charge is 2.18. The van der Waals surface area contributed by atoms with Gasteiger partial charge in [-0.05, 0) is 32.9 Å². The monoisotopic (exact) mass is 337 g/mol. The fraction of sp³-hybridized carbons (Fsp3) is 0.267. The van der Waals surface area contributed by atoms with E-state index in [-0.39, 0.29) is 10.6 Å². The molecule has 0 aliphatic carbocycles. The van der Waals surface area contributed by atoms with Crippen LogP contribution >= 0.6 is 11.6 Å². The molecule has 0 fully saturated rings. The average Bonchev–Trinajstić information content (AvgIpc) is 2.88. The molecule has 0 unspecified atom stereocenters. The van der Waals surface area contributed by atoms with Crippen LogP contribution in [0.2, 0.25) is 5.02 Å². The second-order valence-electron chi connectivity index (χ2n) is 5.79. The van der Waals surface area contributed by atoms with Crippen molar-refractivity contribution >= 4 is 29.4 Å². The molecule has 0 saturated heterocycles. The largest absolute Gasteiger partial charge is 0.478 e. The zero-order valence-electron chi connectivity index (χ0n) is 12.8.